The molecule has 0 spiro atoms. The van der Waals surface area contributed by atoms with Crippen molar-refractivity contribution >= 4 is 17.5 Å². The van der Waals surface area contributed by atoms with E-state index >= 15 is 0 Å². The summed E-state index contributed by atoms with van der Waals surface area (Å²) in [6.45, 7) is 2.89. The number of anilines is 3. The Kier molecular flexibility index (Phi) is 4.97. The second kappa shape index (κ2) is 7.33. The molecule has 2 aliphatic rings. The van der Waals surface area contributed by atoms with E-state index in [1.807, 2.05) is 0 Å². The molecule has 2 fully saturated rings. The van der Waals surface area contributed by atoms with Crippen LogP contribution in [0, 0.1) is 11.7 Å². The Balaban J connectivity index is 1.74. The number of nitrogens with one attached hydrogen (secondary N) is 2. The first-order chi connectivity index (χ1) is 13.8. The number of benzene rings is 1. The minimum Gasteiger partial charge on any atom is -0.492 e. The van der Waals surface area contributed by atoms with Crippen molar-refractivity contribution in [2.75, 3.05) is 44.4 Å². The zero-order valence-corrected chi connectivity index (χ0v) is 16.0. The van der Waals surface area contributed by atoms with Crippen molar-refractivity contribution in [3.63, 3.8) is 0 Å². The summed E-state index contributed by atoms with van der Waals surface area (Å²) >= 11 is 0. The van der Waals surface area contributed by atoms with Crippen molar-refractivity contribution < 1.29 is 22.3 Å². The molecule has 2 saturated heterocycles. The van der Waals surface area contributed by atoms with E-state index in [1.54, 1.807) is 6.07 Å². The first-order valence-electron chi connectivity index (χ1n) is 9.29. The number of aromatic nitrogens is 2. The van der Waals surface area contributed by atoms with Crippen LogP contribution in [0.5, 0.6) is 5.75 Å². The molecule has 0 aliphatic carbocycles. The lowest BCUT2D eigenvalue weighted by atomic mass is 9.85. The third-order valence-corrected chi connectivity index (χ3v) is 5.65. The summed E-state index contributed by atoms with van der Waals surface area (Å²) in [5, 5.41) is 5.35. The van der Waals surface area contributed by atoms with E-state index in [0.29, 0.717) is 17.8 Å². The van der Waals surface area contributed by atoms with E-state index in [0.717, 1.165) is 31.6 Å². The lowest BCUT2D eigenvalue weighted by molar-refractivity contribution is -0.137. The molecule has 0 saturated carbocycles. The van der Waals surface area contributed by atoms with E-state index in [9.17, 15) is 17.6 Å². The Morgan fingerprint density at radius 1 is 1.24 bits per heavy atom. The topological polar surface area (TPSA) is 62.3 Å². The maximum Gasteiger partial charge on any atom is 0.421 e. The van der Waals surface area contributed by atoms with Gasteiger partial charge in [-0.15, -0.1) is 0 Å². The van der Waals surface area contributed by atoms with Gasteiger partial charge in [-0.2, -0.15) is 18.2 Å². The van der Waals surface area contributed by atoms with Crippen molar-refractivity contribution in [3.05, 3.63) is 35.3 Å². The molecule has 10 heteroatoms. The van der Waals surface area contributed by atoms with E-state index in [-0.39, 0.29) is 23.4 Å². The van der Waals surface area contributed by atoms with Crippen molar-refractivity contribution in [1.29, 1.82) is 0 Å². The molecule has 3 unspecified atom stereocenters. The van der Waals surface area contributed by atoms with Crippen LogP contribution < -0.4 is 15.4 Å². The summed E-state index contributed by atoms with van der Waals surface area (Å²) in [4.78, 5) is 10.1. The summed E-state index contributed by atoms with van der Waals surface area (Å²) in [6.07, 6.45) is -2.82. The van der Waals surface area contributed by atoms with Gasteiger partial charge in [0.1, 0.15) is 11.4 Å². The van der Waals surface area contributed by atoms with Gasteiger partial charge in [0.2, 0.25) is 5.95 Å². The second-order valence-corrected chi connectivity index (χ2v) is 7.29. The highest BCUT2D eigenvalue weighted by Crippen LogP contribution is 2.46. The number of piperidine rings is 1. The minimum absolute atomic E-state index is 0.00483. The molecule has 1 aromatic carbocycles. The van der Waals surface area contributed by atoms with E-state index in [4.69, 9.17) is 4.74 Å². The number of ether oxygens (including phenoxy) is 1. The van der Waals surface area contributed by atoms with Gasteiger partial charge in [-0.1, -0.05) is 6.07 Å². The molecular weight excluding hydrogens is 390 g/mol. The fourth-order valence-corrected chi connectivity index (χ4v) is 4.30. The number of halogens is 4. The van der Waals surface area contributed by atoms with E-state index < -0.39 is 17.6 Å². The summed E-state index contributed by atoms with van der Waals surface area (Å²) in [6, 6.07) is 3.06. The lowest BCUT2D eigenvalue weighted by Gasteiger charge is -2.26. The van der Waals surface area contributed by atoms with Gasteiger partial charge in [-0.3, -0.25) is 0 Å². The lowest BCUT2D eigenvalue weighted by Crippen LogP contribution is -2.23. The van der Waals surface area contributed by atoms with Crippen molar-refractivity contribution in [2.24, 2.45) is 5.92 Å². The fourth-order valence-electron chi connectivity index (χ4n) is 4.30. The standard InChI is InChI=1S/C19H21F4N5O/c1-24-17-13(19(21,22)23)7-25-18(27-17)26-15-11(3-4-14(20)16(15)29-2)12-9-28-6-5-10(12)8-28/h3-4,7,10,12H,5-6,8-9H2,1-2H3,(H2,24,25,26,27). The highest BCUT2D eigenvalue weighted by Gasteiger charge is 2.40. The molecule has 0 amide bonds. The number of hydrogen-bond acceptors (Lipinski definition) is 6. The van der Waals surface area contributed by atoms with Crippen LogP contribution in [0.3, 0.4) is 0 Å². The molecule has 156 valence electrons. The number of fused-ring (bicyclic) bond motifs is 2. The van der Waals surface area contributed by atoms with Gasteiger partial charge >= 0.3 is 6.18 Å². The fraction of sp³-hybridized carbons (Fsp3) is 0.474. The van der Waals surface area contributed by atoms with Gasteiger partial charge in [-0.25, -0.2) is 9.37 Å². The van der Waals surface area contributed by atoms with Gasteiger partial charge in [0.05, 0.1) is 12.8 Å². The Morgan fingerprint density at radius 3 is 2.62 bits per heavy atom. The quantitative estimate of drug-likeness (QED) is 0.729. The molecule has 2 bridgehead atoms. The molecule has 3 heterocycles. The normalized spacial score (nSPS) is 23.3. The molecular formula is C19H21F4N5O. The third-order valence-electron chi connectivity index (χ3n) is 5.65. The SMILES string of the molecule is CNc1nc(Nc2c(C3CN4CCC3C4)ccc(F)c2OC)ncc1C(F)(F)F. The van der Waals surface area contributed by atoms with Crippen LogP contribution in [0.15, 0.2) is 18.3 Å². The second-order valence-electron chi connectivity index (χ2n) is 7.29. The average molecular weight is 411 g/mol. The summed E-state index contributed by atoms with van der Waals surface area (Å²) < 4.78 is 59.0. The molecule has 1 aromatic heterocycles. The zero-order chi connectivity index (χ0) is 20.8. The van der Waals surface area contributed by atoms with Gasteiger partial charge in [0.15, 0.2) is 11.6 Å². The molecule has 2 N–H and O–H groups in total. The molecule has 29 heavy (non-hydrogen) atoms. The molecule has 6 nitrogen and oxygen atoms in total. The van der Waals surface area contributed by atoms with Crippen LogP contribution in [0.25, 0.3) is 0 Å². The molecule has 3 atom stereocenters. The molecule has 2 aromatic rings. The number of hydrogen-bond donors (Lipinski definition) is 2. The van der Waals surface area contributed by atoms with Gasteiger partial charge in [0, 0.05) is 32.3 Å². The summed E-state index contributed by atoms with van der Waals surface area (Å²) in [5.41, 5.74) is 0.232. The van der Waals surface area contributed by atoms with Crippen molar-refractivity contribution in [3.8, 4) is 5.75 Å². The smallest absolute Gasteiger partial charge is 0.421 e. The van der Waals surface area contributed by atoms with Gasteiger partial charge in [-0.05, 0) is 30.5 Å². The Labute approximate surface area is 165 Å². The minimum atomic E-state index is -4.59. The Hall–Kier alpha value is -2.62. The molecule has 0 radical (unpaired) electrons. The predicted octanol–water partition coefficient (Wildman–Crippen LogP) is 3.85. The van der Waals surface area contributed by atoms with Crippen LogP contribution in [-0.2, 0) is 6.18 Å². The number of rotatable bonds is 5. The number of methoxy groups -OCH3 is 1. The van der Waals surface area contributed by atoms with Crippen LogP contribution in [-0.4, -0.2) is 48.7 Å². The monoisotopic (exact) mass is 411 g/mol. The van der Waals surface area contributed by atoms with Gasteiger partial charge < -0.3 is 20.3 Å². The van der Waals surface area contributed by atoms with Crippen LogP contribution >= 0.6 is 0 Å². The Morgan fingerprint density at radius 2 is 2.03 bits per heavy atom. The highest BCUT2D eigenvalue weighted by molar-refractivity contribution is 5.69. The predicted molar refractivity (Wildman–Crippen MR) is 100 cm³/mol. The molecule has 4 rings (SSSR count). The largest absolute Gasteiger partial charge is 0.492 e. The van der Waals surface area contributed by atoms with Crippen LogP contribution in [0.1, 0.15) is 23.5 Å². The maximum atomic E-state index is 14.4. The molecule has 2 aliphatic heterocycles. The van der Waals surface area contributed by atoms with E-state index in [2.05, 4.69) is 25.5 Å². The Bertz CT molecular complexity index is 920. The first-order valence-corrected chi connectivity index (χ1v) is 9.29. The summed E-state index contributed by atoms with van der Waals surface area (Å²) in [5.74, 6) is -0.377. The van der Waals surface area contributed by atoms with Crippen LogP contribution in [0.4, 0.5) is 35.0 Å². The van der Waals surface area contributed by atoms with Crippen LogP contribution in [0.2, 0.25) is 0 Å². The maximum absolute atomic E-state index is 14.4. The third kappa shape index (κ3) is 3.57. The average Bonchev–Trinajstić information content (AvgIpc) is 3.31. The number of alkyl halides is 3. The summed E-state index contributed by atoms with van der Waals surface area (Å²) in [7, 11) is 2.70. The van der Waals surface area contributed by atoms with Crippen molar-refractivity contribution in [1.82, 2.24) is 14.9 Å². The highest BCUT2D eigenvalue weighted by atomic mass is 19.4. The first kappa shape index (κ1) is 19.7. The van der Waals surface area contributed by atoms with Crippen molar-refractivity contribution in [2.45, 2.75) is 18.5 Å². The zero-order valence-electron chi connectivity index (χ0n) is 16.0. The van der Waals surface area contributed by atoms with Gasteiger partial charge in [0.25, 0.3) is 0 Å². The van der Waals surface area contributed by atoms with E-state index in [1.165, 1.54) is 20.2 Å². The number of nitrogens with zero attached hydrogens (tertiary/aromatic N) is 3.